The van der Waals surface area contributed by atoms with Crippen molar-refractivity contribution in [2.45, 2.75) is 39.3 Å². The van der Waals surface area contributed by atoms with Crippen molar-refractivity contribution >= 4 is 39.6 Å². The first kappa shape index (κ1) is 21.6. The topological polar surface area (TPSA) is 114 Å². The SMILES string of the molecule is CCCCc1nc2c(N)nc3ccccc3c2n1Cc1ccc(O)c(CN2C(=O)C=CC2=O)c1. The van der Waals surface area contributed by atoms with Crippen molar-refractivity contribution in [3.8, 4) is 5.75 Å². The summed E-state index contributed by atoms with van der Waals surface area (Å²) in [7, 11) is 0. The predicted molar refractivity (Wildman–Crippen MR) is 130 cm³/mol. The van der Waals surface area contributed by atoms with Crippen molar-refractivity contribution in [2.24, 2.45) is 0 Å². The number of aryl methyl sites for hydroxylation is 1. The van der Waals surface area contributed by atoms with E-state index in [0.717, 1.165) is 52.0 Å². The largest absolute Gasteiger partial charge is 0.508 e. The Hall–Kier alpha value is -4.20. The van der Waals surface area contributed by atoms with E-state index in [9.17, 15) is 14.7 Å². The van der Waals surface area contributed by atoms with Crippen molar-refractivity contribution < 1.29 is 14.7 Å². The first-order chi connectivity index (χ1) is 16.5. The molecule has 2 aromatic carbocycles. The molecule has 4 aromatic rings. The van der Waals surface area contributed by atoms with Crippen molar-refractivity contribution in [1.29, 1.82) is 0 Å². The second kappa shape index (κ2) is 8.62. The fourth-order valence-corrected chi connectivity index (χ4v) is 4.40. The number of nitrogens with zero attached hydrogens (tertiary/aromatic N) is 4. The molecule has 0 unspecified atom stereocenters. The number of anilines is 1. The number of fused-ring (bicyclic) bond motifs is 3. The van der Waals surface area contributed by atoms with Gasteiger partial charge < -0.3 is 15.4 Å². The Morgan fingerprint density at radius 1 is 1.00 bits per heavy atom. The second-order valence-corrected chi connectivity index (χ2v) is 8.49. The molecule has 2 amide bonds. The normalized spacial score (nSPS) is 13.6. The van der Waals surface area contributed by atoms with Gasteiger partial charge in [0.2, 0.25) is 0 Å². The molecule has 1 aliphatic rings. The van der Waals surface area contributed by atoms with E-state index >= 15 is 0 Å². The zero-order valence-corrected chi connectivity index (χ0v) is 18.9. The van der Waals surface area contributed by atoms with Crippen LogP contribution in [0.15, 0.2) is 54.6 Å². The average Bonchev–Trinajstić information content (AvgIpc) is 3.35. The van der Waals surface area contributed by atoms with E-state index in [1.807, 2.05) is 36.4 Å². The molecule has 0 aliphatic carbocycles. The molecule has 172 valence electrons. The molecular weight excluding hydrogens is 430 g/mol. The van der Waals surface area contributed by atoms with Gasteiger partial charge in [0.25, 0.3) is 11.8 Å². The fourth-order valence-electron chi connectivity index (χ4n) is 4.40. The number of hydrogen-bond acceptors (Lipinski definition) is 6. The third-order valence-electron chi connectivity index (χ3n) is 6.16. The zero-order valence-electron chi connectivity index (χ0n) is 18.9. The number of phenolic OH excluding ortho intramolecular Hbond substituents is 1. The molecular formula is C26H25N5O3. The van der Waals surface area contributed by atoms with Crippen molar-refractivity contribution in [1.82, 2.24) is 19.4 Å². The van der Waals surface area contributed by atoms with Crippen molar-refractivity contribution in [3.05, 3.63) is 71.6 Å². The number of pyridine rings is 1. The van der Waals surface area contributed by atoms with Crippen LogP contribution in [0.1, 0.15) is 36.7 Å². The average molecular weight is 456 g/mol. The number of phenols is 1. The number of unbranched alkanes of at least 4 members (excludes halogenated alkanes) is 1. The minimum absolute atomic E-state index is 0.0114. The standard InChI is InChI=1S/C26H25N5O3/c1-2-3-8-21-29-24-25(18-6-4-5-7-19(18)28-26(24)27)30(21)14-16-9-10-20(32)17(13-16)15-31-22(33)11-12-23(31)34/h4-7,9-13,32H,2-3,8,14-15H2,1H3,(H2,27,28). The van der Waals surface area contributed by atoms with Gasteiger partial charge in [0, 0.05) is 36.1 Å². The smallest absolute Gasteiger partial charge is 0.253 e. The number of aromatic hydroxyl groups is 1. The molecule has 0 atom stereocenters. The number of imidazole rings is 1. The molecule has 1 aliphatic heterocycles. The zero-order chi connectivity index (χ0) is 23.8. The second-order valence-electron chi connectivity index (χ2n) is 8.49. The van der Waals surface area contributed by atoms with Crippen LogP contribution in [0.3, 0.4) is 0 Å². The lowest BCUT2D eigenvalue weighted by atomic mass is 10.1. The number of amides is 2. The first-order valence-electron chi connectivity index (χ1n) is 11.3. The molecule has 0 saturated heterocycles. The van der Waals surface area contributed by atoms with Crippen LogP contribution in [0, 0.1) is 0 Å². The molecule has 0 spiro atoms. The molecule has 5 rings (SSSR count). The maximum Gasteiger partial charge on any atom is 0.253 e. The van der Waals surface area contributed by atoms with Gasteiger partial charge in [-0.3, -0.25) is 14.5 Å². The number of nitrogen functional groups attached to an aromatic ring is 1. The Labute approximate surface area is 196 Å². The maximum atomic E-state index is 12.0. The van der Waals surface area contributed by atoms with Crippen LogP contribution < -0.4 is 5.73 Å². The first-order valence-corrected chi connectivity index (χ1v) is 11.3. The van der Waals surface area contributed by atoms with Crippen LogP contribution in [0.2, 0.25) is 0 Å². The Balaban J connectivity index is 1.59. The van der Waals surface area contributed by atoms with Gasteiger partial charge in [-0.15, -0.1) is 0 Å². The van der Waals surface area contributed by atoms with Crippen LogP contribution in [-0.4, -0.2) is 36.4 Å². The van der Waals surface area contributed by atoms with E-state index in [1.54, 1.807) is 6.07 Å². The molecule has 0 bridgehead atoms. The van der Waals surface area contributed by atoms with Gasteiger partial charge in [-0.2, -0.15) is 0 Å². The summed E-state index contributed by atoms with van der Waals surface area (Å²) < 4.78 is 2.16. The molecule has 0 saturated carbocycles. The summed E-state index contributed by atoms with van der Waals surface area (Å²) in [6.45, 7) is 2.65. The van der Waals surface area contributed by atoms with E-state index in [4.69, 9.17) is 10.7 Å². The number of carbonyl (C=O) groups is 2. The minimum atomic E-state index is -0.383. The number of carbonyl (C=O) groups excluding carboxylic acids is 2. The summed E-state index contributed by atoms with van der Waals surface area (Å²) in [6, 6.07) is 13.1. The van der Waals surface area contributed by atoms with Crippen molar-refractivity contribution in [3.63, 3.8) is 0 Å². The highest BCUT2D eigenvalue weighted by Crippen LogP contribution is 2.31. The third-order valence-corrected chi connectivity index (χ3v) is 6.16. The summed E-state index contributed by atoms with van der Waals surface area (Å²) in [5.41, 5.74) is 10.1. The molecule has 8 nitrogen and oxygen atoms in total. The van der Waals surface area contributed by atoms with Crippen LogP contribution in [0.4, 0.5) is 5.82 Å². The van der Waals surface area contributed by atoms with Crippen LogP contribution >= 0.6 is 0 Å². The number of nitrogens with two attached hydrogens (primary N) is 1. The van der Waals surface area contributed by atoms with Gasteiger partial charge in [-0.05, 0) is 30.2 Å². The third kappa shape index (κ3) is 3.77. The van der Waals surface area contributed by atoms with E-state index in [2.05, 4.69) is 16.5 Å². The molecule has 0 radical (unpaired) electrons. The summed E-state index contributed by atoms with van der Waals surface area (Å²) in [6.07, 6.45) is 5.30. The van der Waals surface area contributed by atoms with Gasteiger partial charge in [0.15, 0.2) is 5.82 Å². The van der Waals surface area contributed by atoms with Crippen LogP contribution in [0.5, 0.6) is 5.75 Å². The number of hydrogen-bond donors (Lipinski definition) is 2. The van der Waals surface area contributed by atoms with Crippen LogP contribution in [-0.2, 0) is 29.1 Å². The maximum absolute atomic E-state index is 12.0. The Morgan fingerprint density at radius 2 is 1.76 bits per heavy atom. The minimum Gasteiger partial charge on any atom is -0.508 e. The lowest BCUT2D eigenvalue weighted by molar-refractivity contribution is -0.137. The highest BCUT2D eigenvalue weighted by atomic mass is 16.3. The van der Waals surface area contributed by atoms with E-state index in [1.165, 1.54) is 12.2 Å². The van der Waals surface area contributed by atoms with Gasteiger partial charge in [-0.25, -0.2) is 9.97 Å². The number of rotatable bonds is 7. The van der Waals surface area contributed by atoms with Crippen LogP contribution in [0.25, 0.3) is 21.9 Å². The van der Waals surface area contributed by atoms with Gasteiger partial charge in [0.1, 0.15) is 17.1 Å². The van der Waals surface area contributed by atoms with Gasteiger partial charge in [-0.1, -0.05) is 37.6 Å². The highest BCUT2D eigenvalue weighted by molar-refractivity contribution is 6.12. The van der Waals surface area contributed by atoms with Gasteiger partial charge in [0.05, 0.1) is 17.6 Å². The molecule has 8 heteroatoms. The molecule has 3 N–H and O–H groups in total. The Morgan fingerprint density at radius 3 is 2.53 bits per heavy atom. The molecule has 0 fully saturated rings. The number of benzene rings is 2. The number of aromatic nitrogens is 3. The highest BCUT2D eigenvalue weighted by Gasteiger charge is 2.24. The summed E-state index contributed by atoms with van der Waals surface area (Å²) in [5, 5.41) is 11.4. The van der Waals surface area contributed by atoms with E-state index in [0.29, 0.717) is 23.4 Å². The molecule has 2 aromatic heterocycles. The monoisotopic (exact) mass is 455 g/mol. The Bertz CT molecular complexity index is 1450. The molecule has 34 heavy (non-hydrogen) atoms. The summed E-state index contributed by atoms with van der Waals surface area (Å²) >= 11 is 0. The molecule has 3 heterocycles. The predicted octanol–water partition coefficient (Wildman–Crippen LogP) is 3.69. The van der Waals surface area contributed by atoms with Crippen molar-refractivity contribution in [2.75, 3.05) is 5.73 Å². The summed E-state index contributed by atoms with van der Waals surface area (Å²) in [5.74, 6) is 0.593. The fraction of sp³-hybridized carbons (Fsp3) is 0.231. The van der Waals surface area contributed by atoms with Gasteiger partial charge >= 0.3 is 0 Å². The number of para-hydroxylation sites is 1. The quantitative estimate of drug-likeness (QED) is 0.411. The Kier molecular flexibility index (Phi) is 5.49. The van der Waals surface area contributed by atoms with E-state index < -0.39 is 0 Å². The van der Waals surface area contributed by atoms with E-state index in [-0.39, 0.29) is 24.1 Å². The lowest BCUT2D eigenvalue weighted by Gasteiger charge is -2.16. The summed E-state index contributed by atoms with van der Waals surface area (Å²) in [4.78, 5) is 34.5. The number of imide groups is 1. The lowest BCUT2D eigenvalue weighted by Crippen LogP contribution is -2.29.